The summed E-state index contributed by atoms with van der Waals surface area (Å²) >= 11 is 6.23. The monoisotopic (exact) mass is 310 g/mol. The Kier molecular flexibility index (Phi) is 4.74. The van der Waals surface area contributed by atoms with Gasteiger partial charge in [-0.05, 0) is 30.9 Å². The molecule has 1 aliphatic heterocycles. The van der Waals surface area contributed by atoms with Crippen LogP contribution in [0.15, 0.2) is 12.1 Å². The van der Waals surface area contributed by atoms with Crippen LogP contribution < -0.4 is 15.0 Å². The van der Waals surface area contributed by atoms with Gasteiger partial charge in [0.25, 0.3) is 0 Å². The molecule has 1 aromatic rings. The van der Waals surface area contributed by atoms with Gasteiger partial charge in [-0.1, -0.05) is 32.4 Å². The molecule has 21 heavy (non-hydrogen) atoms. The van der Waals surface area contributed by atoms with Crippen molar-refractivity contribution < 1.29 is 4.74 Å². The topological polar surface area (TPSA) is 24.5 Å². The third-order valence-electron chi connectivity index (χ3n) is 4.39. The number of halogens is 1. The highest BCUT2D eigenvalue weighted by Gasteiger charge is 2.33. The summed E-state index contributed by atoms with van der Waals surface area (Å²) in [4.78, 5) is 2.44. The average molecular weight is 311 g/mol. The Balaban J connectivity index is 2.37. The zero-order valence-electron chi connectivity index (χ0n) is 14.0. The normalized spacial score (nSPS) is 23.3. The smallest absolute Gasteiger partial charge is 0.143 e. The zero-order chi connectivity index (χ0) is 15.8. The second-order valence-corrected chi connectivity index (χ2v) is 7.51. The second-order valence-electron chi connectivity index (χ2n) is 7.10. The number of anilines is 1. The highest BCUT2D eigenvalue weighted by Crippen LogP contribution is 2.36. The van der Waals surface area contributed by atoms with Gasteiger partial charge in [0.1, 0.15) is 5.75 Å². The first kappa shape index (κ1) is 16.4. The van der Waals surface area contributed by atoms with Crippen molar-refractivity contribution in [3.63, 3.8) is 0 Å². The maximum absolute atomic E-state index is 6.23. The van der Waals surface area contributed by atoms with Crippen LogP contribution in [0.25, 0.3) is 0 Å². The maximum atomic E-state index is 6.23. The molecule has 0 bridgehead atoms. The molecule has 2 rings (SSSR count). The molecule has 0 aliphatic carbocycles. The molecule has 1 aliphatic rings. The lowest BCUT2D eigenvalue weighted by molar-refractivity contribution is 0.238. The quantitative estimate of drug-likeness (QED) is 0.897. The molecule has 118 valence electrons. The van der Waals surface area contributed by atoms with Gasteiger partial charge < -0.3 is 15.0 Å². The lowest BCUT2D eigenvalue weighted by Crippen LogP contribution is -2.59. The van der Waals surface area contributed by atoms with Crippen LogP contribution in [-0.4, -0.2) is 32.3 Å². The fraction of sp³-hybridized carbons (Fsp3) is 0.647. The summed E-state index contributed by atoms with van der Waals surface area (Å²) < 4.78 is 5.56. The number of benzene rings is 1. The van der Waals surface area contributed by atoms with E-state index in [1.807, 2.05) is 13.0 Å². The Hall–Kier alpha value is -0.930. The number of aryl methyl sites for hydroxylation is 1. The summed E-state index contributed by atoms with van der Waals surface area (Å²) in [7, 11) is 1.71. The summed E-state index contributed by atoms with van der Waals surface area (Å²) in [5.74, 6) is 0.854. The highest BCUT2D eigenvalue weighted by molar-refractivity contribution is 6.31. The minimum Gasteiger partial charge on any atom is -0.495 e. The summed E-state index contributed by atoms with van der Waals surface area (Å²) in [6, 6.07) is 4.95. The SMILES string of the molecule is COc1cc(Cl)c(C)cc1N1CC(C(C)(C)C)NCC1C. The fourth-order valence-corrected chi connectivity index (χ4v) is 2.97. The zero-order valence-corrected chi connectivity index (χ0v) is 14.7. The number of methoxy groups -OCH3 is 1. The van der Waals surface area contributed by atoms with E-state index in [-0.39, 0.29) is 5.41 Å². The average Bonchev–Trinajstić information content (AvgIpc) is 2.40. The summed E-state index contributed by atoms with van der Waals surface area (Å²) in [5.41, 5.74) is 2.46. The molecule has 0 spiro atoms. The molecule has 1 fully saturated rings. The van der Waals surface area contributed by atoms with Crippen molar-refractivity contribution in [3.8, 4) is 5.75 Å². The van der Waals surface area contributed by atoms with Gasteiger partial charge in [-0.25, -0.2) is 0 Å². The Bertz CT molecular complexity index is 510. The van der Waals surface area contributed by atoms with Gasteiger partial charge in [0, 0.05) is 36.3 Å². The van der Waals surface area contributed by atoms with E-state index in [4.69, 9.17) is 16.3 Å². The molecular weight excluding hydrogens is 284 g/mol. The number of hydrogen-bond donors (Lipinski definition) is 1. The van der Waals surface area contributed by atoms with Gasteiger partial charge in [-0.15, -0.1) is 0 Å². The van der Waals surface area contributed by atoms with E-state index in [1.165, 1.54) is 0 Å². The molecule has 1 saturated heterocycles. The van der Waals surface area contributed by atoms with Gasteiger partial charge in [0.2, 0.25) is 0 Å². The Morgan fingerprint density at radius 2 is 2.00 bits per heavy atom. The highest BCUT2D eigenvalue weighted by atomic mass is 35.5. The van der Waals surface area contributed by atoms with Crippen LogP contribution in [0.3, 0.4) is 0 Å². The Morgan fingerprint density at radius 3 is 2.57 bits per heavy atom. The number of rotatable bonds is 2. The van der Waals surface area contributed by atoms with E-state index in [1.54, 1.807) is 7.11 Å². The lowest BCUT2D eigenvalue weighted by Gasteiger charge is -2.45. The summed E-state index contributed by atoms with van der Waals surface area (Å²) in [5, 5.41) is 4.42. The van der Waals surface area contributed by atoms with Gasteiger partial charge in [-0.3, -0.25) is 0 Å². The lowest BCUT2D eigenvalue weighted by atomic mass is 9.84. The van der Waals surface area contributed by atoms with Gasteiger partial charge in [0.05, 0.1) is 12.8 Å². The molecule has 0 saturated carbocycles. The van der Waals surface area contributed by atoms with Crippen LogP contribution in [-0.2, 0) is 0 Å². The largest absolute Gasteiger partial charge is 0.495 e. The minimum atomic E-state index is 0.229. The van der Waals surface area contributed by atoms with Crippen LogP contribution in [0, 0.1) is 12.3 Å². The van der Waals surface area contributed by atoms with Gasteiger partial charge in [0.15, 0.2) is 0 Å². The van der Waals surface area contributed by atoms with Crippen LogP contribution in [0.5, 0.6) is 5.75 Å². The number of nitrogens with zero attached hydrogens (tertiary/aromatic N) is 1. The predicted octanol–water partition coefficient (Wildman–Crippen LogP) is 3.87. The molecule has 2 unspecified atom stereocenters. The van der Waals surface area contributed by atoms with Gasteiger partial charge >= 0.3 is 0 Å². The second kappa shape index (κ2) is 6.05. The molecule has 2 atom stereocenters. The number of piperazine rings is 1. The van der Waals surface area contributed by atoms with Crippen LogP contribution in [0.1, 0.15) is 33.3 Å². The summed E-state index contributed by atoms with van der Waals surface area (Å²) in [6.07, 6.45) is 0. The summed E-state index contributed by atoms with van der Waals surface area (Å²) in [6.45, 7) is 13.1. The van der Waals surface area contributed by atoms with Gasteiger partial charge in [-0.2, -0.15) is 0 Å². The first-order valence-electron chi connectivity index (χ1n) is 7.58. The number of ether oxygens (including phenoxy) is 1. The Morgan fingerprint density at radius 1 is 1.33 bits per heavy atom. The third kappa shape index (κ3) is 3.46. The van der Waals surface area contributed by atoms with E-state index in [2.05, 4.69) is 44.0 Å². The molecule has 0 amide bonds. The van der Waals surface area contributed by atoms with Crippen molar-refractivity contribution in [2.75, 3.05) is 25.1 Å². The van der Waals surface area contributed by atoms with E-state index < -0.39 is 0 Å². The molecule has 4 heteroatoms. The first-order valence-corrected chi connectivity index (χ1v) is 7.96. The van der Waals surface area contributed by atoms with E-state index in [0.29, 0.717) is 12.1 Å². The first-order chi connectivity index (χ1) is 9.74. The maximum Gasteiger partial charge on any atom is 0.143 e. The van der Waals surface area contributed by atoms with Crippen molar-refractivity contribution in [3.05, 3.63) is 22.7 Å². The molecule has 0 aromatic heterocycles. The van der Waals surface area contributed by atoms with Crippen LogP contribution in [0.4, 0.5) is 5.69 Å². The Labute approximate surface area is 133 Å². The molecule has 0 radical (unpaired) electrons. The molecule has 1 N–H and O–H groups in total. The van der Waals surface area contributed by atoms with Crippen molar-refractivity contribution in [2.45, 2.75) is 46.7 Å². The van der Waals surface area contributed by atoms with Crippen molar-refractivity contribution >= 4 is 17.3 Å². The molecule has 3 nitrogen and oxygen atoms in total. The molecule has 1 heterocycles. The molecular formula is C17H27ClN2O. The van der Waals surface area contributed by atoms with Crippen LogP contribution >= 0.6 is 11.6 Å². The standard InChI is InChI=1S/C17H27ClN2O/c1-11-7-14(15(21-6)8-13(11)18)20-10-16(17(3,4)5)19-9-12(20)2/h7-8,12,16,19H,9-10H2,1-6H3. The van der Waals surface area contributed by atoms with E-state index in [9.17, 15) is 0 Å². The molecule has 1 aromatic carbocycles. The van der Waals surface area contributed by atoms with Crippen LogP contribution in [0.2, 0.25) is 5.02 Å². The van der Waals surface area contributed by atoms with Crippen molar-refractivity contribution in [1.29, 1.82) is 0 Å². The van der Waals surface area contributed by atoms with Crippen molar-refractivity contribution in [2.24, 2.45) is 5.41 Å². The fourth-order valence-electron chi connectivity index (χ4n) is 2.82. The van der Waals surface area contributed by atoms with E-state index >= 15 is 0 Å². The minimum absolute atomic E-state index is 0.229. The predicted molar refractivity (Wildman–Crippen MR) is 90.8 cm³/mol. The number of hydrogen-bond acceptors (Lipinski definition) is 3. The third-order valence-corrected chi connectivity index (χ3v) is 4.79. The van der Waals surface area contributed by atoms with E-state index in [0.717, 1.165) is 35.1 Å². The number of nitrogens with one attached hydrogen (secondary N) is 1. The van der Waals surface area contributed by atoms with Crippen molar-refractivity contribution in [1.82, 2.24) is 5.32 Å².